The molecule has 1 fully saturated rings. The number of halogens is 3. The predicted octanol–water partition coefficient (Wildman–Crippen LogP) is 3.12. The van der Waals surface area contributed by atoms with Crippen LogP contribution in [0.25, 0.3) is 0 Å². The van der Waals surface area contributed by atoms with Crippen molar-refractivity contribution < 1.29 is 18.0 Å². The van der Waals surface area contributed by atoms with E-state index in [1.165, 1.54) is 0 Å². The van der Waals surface area contributed by atoms with Gasteiger partial charge in [0, 0.05) is 19.0 Å². The first kappa shape index (κ1) is 13.3. The highest BCUT2D eigenvalue weighted by molar-refractivity contribution is 5.76. The minimum absolute atomic E-state index is 0.148. The minimum Gasteiger partial charge on any atom is -0.340 e. The molecule has 1 atom stereocenters. The Morgan fingerprint density at radius 3 is 2.62 bits per heavy atom. The molecule has 1 aliphatic rings. The van der Waals surface area contributed by atoms with Gasteiger partial charge in [0.15, 0.2) is 0 Å². The fraction of sp³-hybridized carbons (Fsp3) is 0.909. The van der Waals surface area contributed by atoms with Gasteiger partial charge >= 0.3 is 6.18 Å². The van der Waals surface area contributed by atoms with E-state index in [1.807, 2.05) is 6.92 Å². The van der Waals surface area contributed by atoms with Crippen LogP contribution in [0.1, 0.15) is 45.4 Å². The van der Waals surface area contributed by atoms with Crippen molar-refractivity contribution >= 4 is 5.91 Å². The normalized spacial score (nSPS) is 22.2. The molecule has 0 aromatic heterocycles. The van der Waals surface area contributed by atoms with Gasteiger partial charge < -0.3 is 4.90 Å². The second-order valence-corrected chi connectivity index (χ2v) is 4.26. The second-order valence-electron chi connectivity index (χ2n) is 4.26. The Kier molecular flexibility index (Phi) is 4.62. The van der Waals surface area contributed by atoms with Gasteiger partial charge in [0.25, 0.3) is 0 Å². The molecule has 0 aromatic rings. The Labute approximate surface area is 93.8 Å². The fourth-order valence-corrected chi connectivity index (χ4v) is 2.15. The molecule has 1 amide bonds. The summed E-state index contributed by atoms with van der Waals surface area (Å²) in [5.74, 6) is -0.344. The van der Waals surface area contributed by atoms with E-state index in [4.69, 9.17) is 0 Å². The number of carbonyl (C=O) groups is 1. The molecule has 1 saturated heterocycles. The number of piperidine rings is 1. The highest BCUT2D eigenvalue weighted by atomic mass is 19.4. The van der Waals surface area contributed by atoms with Gasteiger partial charge in [-0.1, -0.05) is 6.92 Å². The Balaban J connectivity index is 2.45. The average molecular weight is 237 g/mol. The standard InChI is InChI=1S/C11H18F3NO/c1-2-9-5-3-4-8-15(9)10(16)6-7-11(12,13)14/h9H,2-8H2,1H3. The van der Waals surface area contributed by atoms with Gasteiger partial charge in [0.1, 0.15) is 0 Å². The van der Waals surface area contributed by atoms with Crippen LogP contribution in [0.15, 0.2) is 0 Å². The van der Waals surface area contributed by atoms with Crippen LogP contribution >= 0.6 is 0 Å². The summed E-state index contributed by atoms with van der Waals surface area (Å²) >= 11 is 0. The SMILES string of the molecule is CCC1CCCCN1C(=O)CCC(F)(F)F. The van der Waals surface area contributed by atoms with Gasteiger partial charge in [-0.3, -0.25) is 4.79 Å². The number of hydrogen-bond donors (Lipinski definition) is 0. The molecular formula is C11H18F3NO. The highest BCUT2D eigenvalue weighted by Gasteiger charge is 2.31. The number of likely N-dealkylation sites (tertiary alicyclic amines) is 1. The molecule has 2 nitrogen and oxygen atoms in total. The molecule has 0 bridgehead atoms. The van der Waals surface area contributed by atoms with Gasteiger partial charge in [-0.2, -0.15) is 13.2 Å². The summed E-state index contributed by atoms with van der Waals surface area (Å²) in [6, 6.07) is 0.148. The van der Waals surface area contributed by atoms with Crippen molar-refractivity contribution in [3.8, 4) is 0 Å². The maximum Gasteiger partial charge on any atom is 0.389 e. The van der Waals surface area contributed by atoms with Gasteiger partial charge in [-0.15, -0.1) is 0 Å². The number of hydrogen-bond acceptors (Lipinski definition) is 1. The van der Waals surface area contributed by atoms with Gasteiger partial charge in [0.2, 0.25) is 5.91 Å². The first-order valence-electron chi connectivity index (χ1n) is 5.80. The first-order chi connectivity index (χ1) is 7.44. The van der Waals surface area contributed by atoms with Crippen molar-refractivity contribution in [2.24, 2.45) is 0 Å². The van der Waals surface area contributed by atoms with E-state index in [2.05, 4.69) is 0 Å². The monoisotopic (exact) mass is 237 g/mol. The van der Waals surface area contributed by atoms with E-state index in [0.29, 0.717) is 6.54 Å². The summed E-state index contributed by atoms with van der Waals surface area (Å²) in [7, 11) is 0. The van der Waals surface area contributed by atoms with E-state index >= 15 is 0 Å². The molecular weight excluding hydrogens is 219 g/mol. The summed E-state index contributed by atoms with van der Waals surface area (Å²) in [5.41, 5.74) is 0. The van der Waals surface area contributed by atoms with Crippen LogP contribution in [-0.4, -0.2) is 29.6 Å². The zero-order valence-corrected chi connectivity index (χ0v) is 9.52. The van der Waals surface area contributed by atoms with Crippen molar-refractivity contribution in [2.75, 3.05) is 6.54 Å². The summed E-state index contributed by atoms with van der Waals surface area (Å²) in [5, 5.41) is 0. The molecule has 1 heterocycles. The van der Waals surface area contributed by atoms with E-state index in [1.54, 1.807) is 4.90 Å². The minimum atomic E-state index is -4.23. The molecule has 0 aliphatic carbocycles. The van der Waals surface area contributed by atoms with Gasteiger partial charge in [-0.05, 0) is 25.7 Å². The summed E-state index contributed by atoms with van der Waals surface area (Å²) < 4.78 is 36.0. The van der Waals surface area contributed by atoms with Crippen molar-refractivity contribution in [3.05, 3.63) is 0 Å². The second kappa shape index (κ2) is 5.55. The quantitative estimate of drug-likeness (QED) is 0.738. The molecule has 94 valence electrons. The number of rotatable bonds is 3. The molecule has 0 spiro atoms. The van der Waals surface area contributed by atoms with Crippen molar-refractivity contribution in [1.82, 2.24) is 4.90 Å². The molecule has 5 heteroatoms. The largest absolute Gasteiger partial charge is 0.389 e. The van der Waals surface area contributed by atoms with Crippen LogP contribution in [0.2, 0.25) is 0 Å². The van der Waals surface area contributed by atoms with Crippen molar-refractivity contribution in [2.45, 2.75) is 57.7 Å². The third kappa shape index (κ3) is 4.02. The zero-order valence-electron chi connectivity index (χ0n) is 9.52. The number of alkyl halides is 3. The number of nitrogens with zero attached hydrogens (tertiary/aromatic N) is 1. The Morgan fingerprint density at radius 1 is 1.38 bits per heavy atom. The summed E-state index contributed by atoms with van der Waals surface area (Å²) in [6.07, 6.45) is -1.90. The maximum absolute atomic E-state index is 12.0. The van der Waals surface area contributed by atoms with E-state index < -0.39 is 19.0 Å². The Morgan fingerprint density at radius 2 is 2.06 bits per heavy atom. The van der Waals surface area contributed by atoms with Crippen LogP contribution in [0, 0.1) is 0 Å². The summed E-state index contributed by atoms with van der Waals surface area (Å²) in [6.45, 7) is 2.59. The fourth-order valence-electron chi connectivity index (χ4n) is 2.15. The lowest BCUT2D eigenvalue weighted by atomic mass is 9.99. The molecule has 0 radical (unpaired) electrons. The Bertz CT molecular complexity index is 240. The molecule has 16 heavy (non-hydrogen) atoms. The van der Waals surface area contributed by atoms with Crippen LogP contribution < -0.4 is 0 Å². The predicted molar refractivity (Wildman–Crippen MR) is 54.9 cm³/mol. The van der Waals surface area contributed by atoms with Crippen LogP contribution in [0.5, 0.6) is 0 Å². The van der Waals surface area contributed by atoms with Gasteiger partial charge in [-0.25, -0.2) is 0 Å². The maximum atomic E-state index is 12.0. The third-order valence-corrected chi connectivity index (χ3v) is 3.04. The van der Waals surface area contributed by atoms with E-state index in [-0.39, 0.29) is 11.9 Å². The average Bonchev–Trinajstić information content (AvgIpc) is 2.25. The van der Waals surface area contributed by atoms with Crippen molar-refractivity contribution in [1.29, 1.82) is 0 Å². The number of amides is 1. The molecule has 0 saturated carbocycles. The lowest BCUT2D eigenvalue weighted by Gasteiger charge is -2.35. The lowest BCUT2D eigenvalue weighted by Crippen LogP contribution is -2.43. The van der Waals surface area contributed by atoms with Crippen LogP contribution in [0.4, 0.5) is 13.2 Å². The number of carbonyl (C=O) groups excluding carboxylic acids is 1. The molecule has 1 aliphatic heterocycles. The zero-order chi connectivity index (χ0) is 12.2. The third-order valence-electron chi connectivity index (χ3n) is 3.04. The van der Waals surface area contributed by atoms with E-state index in [9.17, 15) is 18.0 Å². The highest BCUT2D eigenvalue weighted by Crippen LogP contribution is 2.25. The Hall–Kier alpha value is -0.740. The smallest absolute Gasteiger partial charge is 0.340 e. The summed E-state index contributed by atoms with van der Waals surface area (Å²) in [4.78, 5) is 13.3. The molecule has 1 unspecified atom stereocenters. The molecule has 0 N–H and O–H groups in total. The molecule has 0 aromatic carbocycles. The van der Waals surface area contributed by atoms with Crippen LogP contribution in [-0.2, 0) is 4.79 Å². The van der Waals surface area contributed by atoms with Gasteiger partial charge in [0.05, 0.1) is 6.42 Å². The lowest BCUT2D eigenvalue weighted by molar-refractivity contribution is -0.151. The first-order valence-corrected chi connectivity index (χ1v) is 5.80. The topological polar surface area (TPSA) is 20.3 Å². The van der Waals surface area contributed by atoms with Crippen LogP contribution in [0.3, 0.4) is 0 Å². The van der Waals surface area contributed by atoms with E-state index in [0.717, 1.165) is 25.7 Å². The molecule has 1 rings (SSSR count). The van der Waals surface area contributed by atoms with Crippen molar-refractivity contribution in [3.63, 3.8) is 0 Å².